The van der Waals surface area contributed by atoms with Gasteiger partial charge >= 0.3 is 0 Å². The fraction of sp³-hybridized carbons (Fsp3) is 0.243. The number of nitrogens with zero attached hydrogens (tertiary/aromatic N) is 2. The molecule has 198 valence electrons. The maximum Gasteiger partial charge on any atom is 0.227 e. The highest BCUT2D eigenvalue weighted by Gasteiger charge is 2.20. The first-order chi connectivity index (χ1) is 19.6. The third-order valence-corrected chi connectivity index (χ3v) is 8.73. The molecule has 0 atom stereocenters. The van der Waals surface area contributed by atoms with Crippen molar-refractivity contribution in [1.82, 2.24) is 9.97 Å². The van der Waals surface area contributed by atoms with Gasteiger partial charge in [-0.3, -0.25) is 4.98 Å². The molecule has 0 aliphatic heterocycles. The van der Waals surface area contributed by atoms with Gasteiger partial charge in [0.15, 0.2) is 0 Å². The molecule has 0 spiro atoms. The van der Waals surface area contributed by atoms with Gasteiger partial charge < -0.3 is 4.42 Å². The van der Waals surface area contributed by atoms with Crippen molar-refractivity contribution in [3.63, 3.8) is 0 Å². The summed E-state index contributed by atoms with van der Waals surface area (Å²) >= 11 is 0. The Hall–Kier alpha value is -4.24. The van der Waals surface area contributed by atoms with Crippen molar-refractivity contribution in [3.05, 3.63) is 107 Å². The number of aryl methyl sites for hydroxylation is 3. The second-order valence-corrected chi connectivity index (χ2v) is 11.4. The lowest BCUT2D eigenvalue weighted by Crippen LogP contribution is -2.07. The number of furan rings is 1. The van der Waals surface area contributed by atoms with Crippen molar-refractivity contribution in [2.24, 2.45) is 0 Å². The predicted octanol–water partition coefficient (Wildman–Crippen LogP) is 10.3. The van der Waals surface area contributed by atoms with Gasteiger partial charge in [0.05, 0.1) is 11.4 Å². The van der Waals surface area contributed by atoms with Crippen LogP contribution in [0.2, 0.25) is 0 Å². The standard InChI is InChI=1S/C37H34N2O/c1-23-21-34(38-22-32(23)27-13-8-5-9-14-27)31-16-10-15-29-30-17-18-33(39-37(30)40-36(29)31)35-24(2)19-28(20-25(35)3)26-11-6-4-7-12-26/h4,6-7,10-12,15-22,27H,5,8-9,13-14H2,1-3H3. The van der Waals surface area contributed by atoms with Crippen LogP contribution in [0.15, 0.2) is 89.5 Å². The largest absolute Gasteiger partial charge is 0.437 e. The van der Waals surface area contributed by atoms with E-state index >= 15 is 0 Å². The van der Waals surface area contributed by atoms with E-state index in [0.29, 0.717) is 11.6 Å². The molecule has 0 saturated heterocycles. The van der Waals surface area contributed by atoms with Crippen molar-refractivity contribution in [3.8, 4) is 33.6 Å². The summed E-state index contributed by atoms with van der Waals surface area (Å²) in [5.74, 6) is 0.647. The number of rotatable bonds is 4. The second kappa shape index (κ2) is 10.1. The van der Waals surface area contributed by atoms with E-state index in [4.69, 9.17) is 14.4 Å². The van der Waals surface area contributed by atoms with Crippen LogP contribution in [0.4, 0.5) is 0 Å². The molecule has 6 aromatic rings. The topological polar surface area (TPSA) is 38.9 Å². The fourth-order valence-corrected chi connectivity index (χ4v) is 6.74. The molecule has 3 aromatic heterocycles. The Morgan fingerprint density at radius 3 is 2.20 bits per heavy atom. The van der Waals surface area contributed by atoms with Crippen LogP contribution >= 0.6 is 0 Å². The smallest absolute Gasteiger partial charge is 0.227 e. The molecule has 3 nitrogen and oxygen atoms in total. The minimum atomic E-state index is 0.647. The lowest BCUT2D eigenvalue weighted by molar-refractivity contribution is 0.441. The molecule has 40 heavy (non-hydrogen) atoms. The van der Waals surface area contributed by atoms with E-state index in [1.54, 1.807) is 0 Å². The molecule has 0 radical (unpaired) electrons. The molecule has 3 aromatic carbocycles. The van der Waals surface area contributed by atoms with Crippen LogP contribution in [-0.2, 0) is 0 Å². The minimum absolute atomic E-state index is 0.647. The van der Waals surface area contributed by atoms with Crippen LogP contribution < -0.4 is 0 Å². The van der Waals surface area contributed by atoms with Gasteiger partial charge in [-0.1, -0.05) is 73.9 Å². The number of hydrogen-bond acceptors (Lipinski definition) is 3. The molecular weight excluding hydrogens is 488 g/mol. The first-order valence-electron chi connectivity index (χ1n) is 14.5. The highest BCUT2D eigenvalue weighted by Crippen LogP contribution is 2.39. The fourth-order valence-electron chi connectivity index (χ4n) is 6.74. The third kappa shape index (κ3) is 4.30. The molecule has 3 heteroatoms. The van der Waals surface area contributed by atoms with Crippen LogP contribution in [0.1, 0.15) is 60.3 Å². The number of fused-ring (bicyclic) bond motifs is 3. The molecule has 1 aliphatic rings. The third-order valence-electron chi connectivity index (χ3n) is 8.73. The molecular formula is C37H34N2O. The molecule has 0 unspecified atom stereocenters. The van der Waals surface area contributed by atoms with E-state index < -0.39 is 0 Å². The average Bonchev–Trinajstić information content (AvgIpc) is 3.36. The molecule has 1 fully saturated rings. The first-order valence-corrected chi connectivity index (χ1v) is 14.5. The number of benzene rings is 3. The van der Waals surface area contributed by atoms with Crippen molar-refractivity contribution in [2.45, 2.75) is 58.8 Å². The zero-order valence-electron chi connectivity index (χ0n) is 23.5. The maximum absolute atomic E-state index is 6.51. The Labute approximate surface area is 235 Å². The van der Waals surface area contributed by atoms with Crippen LogP contribution in [-0.4, -0.2) is 9.97 Å². The average molecular weight is 523 g/mol. The predicted molar refractivity (Wildman–Crippen MR) is 166 cm³/mol. The van der Waals surface area contributed by atoms with Gasteiger partial charge in [0.25, 0.3) is 0 Å². The van der Waals surface area contributed by atoms with Crippen LogP contribution in [0.5, 0.6) is 0 Å². The van der Waals surface area contributed by atoms with Crippen LogP contribution in [0.25, 0.3) is 55.7 Å². The van der Waals surface area contributed by atoms with Gasteiger partial charge in [-0.2, -0.15) is 0 Å². The second-order valence-electron chi connectivity index (χ2n) is 11.4. The summed E-state index contributed by atoms with van der Waals surface area (Å²) in [5.41, 5.74) is 13.2. The Morgan fingerprint density at radius 1 is 0.675 bits per heavy atom. The van der Waals surface area contributed by atoms with Crippen molar-refractivity contribution in [1.29, 1.82) is 0 Å². The Bertz CT molecular complexity index is 1840. The molecule has 3 heterocycles. The van der Waals surface area contributed by atoms with E-state index in [-0.39, 0.29) is 0 Å². The van der Waals surface area contributed by atoms with Gasteiger partial charge in [0, 0.05) is 28.1 Å². The lowest BCUT2D eigenvalue weighted by Gasteiger charge is -2.23. The number of aromatic nitrogens is 2. The van der Waals surface area contributed by atoms with E-state index in [1.165, 1.54) is 65.5 Å². The molecule has 0 N–H and O–H groups in total. The Kier molecular flexibility index (Phi) is 6.23. The molecule has 0 bridgehead atoms. The minimum Gasteiger partial charge on any atom is -0.437 e. The molecule has 7 rings (SSSR count). The summed E-state index contributed by atoms with van der Waals surface area (Å²) in [5, 5.41) is 2.11. The van der Waals surface area contributed by atoms with Crippen molar-refractivity contribution >= 4 is 22.1 Å². The summed E-state index contributed by atoms with van der Waals surface area (Å²) < 4.78 is 6.51. The lowest BCUT2D eigenvalue weighted by atomic mass is 9.83. The van der Waals surface area contributed by atoms with E-state index in [9.17, 15) is 0 Å². The van der Waals surface area contributed by atoms with E-state index in [0.717, 1.165) is 38.9 Å². The summed E-state index contributed by atoms with van der Waals surface area (Å²) in [6.45, 7) is 6.57. The van der Waals surface area contributed by atoms with Gasteiger partial charge in [0.2, 0.25) is 5.71 Å². The number of para-hydroxylation sites is 1. The van der Waals surface area contributed by atoms with Crippen LogP contribution in [0, 0.1) is 20.8 Å². The zero-order valence-corrected chi connectivity index (χ0v) is 23.5. The maximum atomic E-state index is 6.51. The highest BCUT2D eigenvalue weighted by molar-refractivity contribution is 6.08. The molecule has 1 saturated carbocycles. The highest BCUT2D eigenvalue weighted by atomic mass is 16.3. The van der Waals surface area contributed by atoms with Gasteiger partial charge in [-0.25, -0.2) is 4.98 Å². The van der Waals surface area contributed by atoms with Gasteiger partial charge in [-0.05, 0) is 97.2 Å². The van der Waals surface area contributed by atoms with Crippen molar-refractivity contribution in [2.75, 3.05) is 0 Å². The van der Waals surface area contributed by atoms with Gasteiger partial charge in [-0.15, -0.1) is 0 Å². The summed E-state index contributed by atoms with van der Waals surface area (Å²) in [6, 6.07) is 27.9. The normalized spacial score (nSPS) is 14.3. The summed E-state index contributed by atoms with van der Waals surface area (Å²) in [7, 11) is 0. The quantitative estimate of drug-likeness (QED) is 0.231. The molecule has 0 amide bonds. The van der Waals surface area contributed by atoms with Gasteiger partial charge in [0.1, 0.15) is 5.58 Å². The SMILES string of the molecule is Cc1cc(-c2cccc3c2oc2nc(-c4c(C)cc(-c5ccccc5)cc4C)ccc23)ncc1C1CCCCC1. The Morgan fingerprint density at radius 2 is 1.45 bits per heavy atom. The molecule has 1 aliphatic carbocycles. The monoisotopic (exact) mass is 522 g/mol. The summed E-state index contributed by atoms with van der Waals surface area (Å²) in [4.78, 5) is 9.99. The number of hydrogen-bond donors (Lipinski definition) is 0. The number of pyridine rings is 2. The first kappa shape index (κ1) is 24.8. The van der Waals surface area contributed by atoms with Crippen molar-refractivity contribution < 1.29 is 4.42 Å². The van der Waals surface area contributed by atoms with E-state index in [1.807, 2.05) is 0 Å². The van der Waals surface area contributed by atoms with E-state index in [2.05, 4.69) is 106 Å². The van der Waals surface area contributed by atoms with Crippen LogP contribution in [0.3, 0.4) is 0 Å². The zero-order chi connectivity index (χ0) is 27.2. The summed E-state index contributed by atoms with van der Waals surface area (Å²) in [6.07, 6.45) is 8.70. The Balaban J connectivity index is 1.29.